The molecule has 0 aliphatic carbocycles. The van der Waals surface area contributed by atoms with E-state index in [4.69, 9.17) is 0 Å². The SMILES string of the molecule is CN=C(NCCNS(=O)(=O)c1cc(C)ccc1C)N1CCc2ccccc21.I. The Kier molecular flexibility index (Phi) is 7.85. The number of hydrogen-bond donors (Lipinski definition) is 2. The third kappa shape index (κ3) is 5.03. The van der Waals surface area contributed by atoms with Crippen LogP contribution < -0.4 is 14.9 Å². The Bertz CT molecular complexity index is 960. The zero-order chi connectivity index (χ0) is 19.4. The van der Waals surface area contributed by atoms with Gasteiger partial charge in [-0.1, -0.05) is 30.3 Å². The fraction of sp³-hybridized carbons (Fsp3) is 0.350. The Labute approximate surface area is 184 Å². The van der Waals surface area contributed by atoms with E-state index in [1.165, 1.54) is 5.56 Å². The van der Waals surface area contributed by atoms with Crippen molar-refractivity contribution in [3.63, 3.8) is 0 Å². The Hall–Kier alpha value is -1.65. The van der Waals surface area contributed by atoms with Crippen molar-refractivity contribution < 1.29 is 8.42 Å². The second kappa shape index (κ2) is 9.71. The highest BCUT2D eigenvalue weighted by atomic mass is 127. The number of hydrogen-bond acceptors (Lipinski definition) is 3. The summed E-state index contributed by atoms with van der Waals surface area (Å²) in [6, 6.07) is 13.7. The van der Waals surface area contributed by atoms with Crippen molar-refractivity contribution in [2.75, 3.05) is 31.6 Å². The van der Waals surface area contributed by atoms with Crippen LogP contribution in [-0.4, -0.2) is 41.1 Å². The largest absolute Gasteiger partial charge is 0.355 e. The van der Waals surface area contributed by atoms with E-state index in [2.05, 4.69) is 32.1 Å². The maximum Gasteiger partial charge on any atom is 0.240 e. The predicted molar refractivity (Wildman–Crippen MR) is 125 cm³/mol. The van der Waals surface area contributed by atoms with Crippen LogP contribution >= 0.6 is 24.0 Å². The van der Waals surface area contributed by atoms with Crippen LogP contribution in [0.2, 0.25) is 0 Å². The summed E-state index contributed by atoms with van der Waals surface area (Å²) in [6.45, 7) is 5.30. The molecule has 0 amide bonds. The standard InChI is InChI=1S/C20H26N4O2S.HI/c1-15-8-9-16(2)19(14-15)27(25,26)23-12-11-22-20(21-3)24-13-10-17-6-4-5-7-18(17)24;/h4-9,14,23H,10-13H2,1-3H3,(H,21,22);1H. The van der Waals surface area contributed by atoms with Crippen molar-refractivity contribution in [1.29, 1.82) is 0 Å². The number of nitrogens with zero attached hydrogens (tertiary/aromatic N) is 2. The number of anilines is 1. The summed E-state index contributed by atoms with van der Waals surface area (Å²) in [6.07, 6.45) is 0.982. The average molecular weight is 514 g/mol. The Morgan fingerprint density at radius 2 is 1.89 bits per heavy atom. The van der Waals surface area contributed by atoms with E-state index < -0.39 is 10.0 Å². The number of aryl methyl sites for hydroxylation is 2. The molecule has 1 heterocycles. The molecule has 3 rings (SSSR count). The van der Waals surface area contributed by atoms with Crippen molar-refractivity contribution in [1.82, 2.24) is 10.0 Å². The Morgan fingerprint density at radius 3 is 2.64 bits per heavy atom. The molecule has 0 unspecified atom stereocenters. The number of halogens is 1. The molecule has 152 valence electrons. The molecule has 1 aliphatic rings. The van der Waals surface area contributed by atoms with Crippen molar-refractivity contribution >= 4 is 45.6 Å². The van der Waals surface area contributed by atoms with E-state index in [1.807, 2.05) is 31.2 Å². The highest BCUT2D eigenvalue weighted by Gasteiger charge is 2.22. The molecule has 0 spiro atoms. The minimum absolute atomic E-state index is 0. The maximum absolute atomic E-state index is 12.6. The lowest BCUT2D eigenvalue weighted by molar-refractivity contribution is 0.580. The van der Waals surface area contributed by atoms with Gasteiger partial charge in [-0.3, -0.25) is 4.99 Å². The van der Waals surface area contributed by atoms with Gasteiger partial charge in [0.2, 0.25) is 10.0 Å². The number of guanidine groups is 1. The van der Waals surface area contributed by atoms with Crippen LogP contribution in [0.3, 0.4) is 0 Å². The van der Waals surface area contributed by atoms with E-state index in [-0.39, 0.29) is 30.5 Å². The van der Waals surface area contributed by atoms with Crippen molar-refractivity contribution in [2.24, 2.45) is 4.99 Å². The third-order valence-electron chi connectivity index (χ3n) is 4.69. The van der Waals surface area contributed by atoms with E-state index in [1.54, 1.807) is 20.0 Å². The molecule has 0 aromatic heterocycles. The summed E-state index contributed by atoms with van der Waals surface area (Å²) in [5.74, 6) is 0.755. The van der Waals surface area contributed by atoms with Gasteiger partial charge in [0.05, 0.1) is 4.90 Å². The number of benzene rings is 2. The van der Waals surface area contributed by atoms with Crippen molar-refractivity contribution in [2.45, 2.75) is 25.2 Å². The third-order valence-corrected chi connectivity index (χ3v) is 6.29. The molecule has 6 nitrogen and oxygen atoms in total. The molecule has 1 aliphatic heterocycles. The minimum Gasteiger partial charge on any atom is -0.355 e. The first-order valence-electron chi connectivity index (χ1n) is 9.05. The number of aliphatic imine (C=N–C) groups is 1. The molecule has 0 saturated heterocycles. The predicted octanol–water partition coefficient (Wildman–Crippen LogP) is 2.84. The van der Waals surface area contributed by atoms with E-state index >= 15 is 0 Å². The molecule has 8 heteroatoms. The summed E-state index contributed by atoms with van der Waals surface area (Å²) in [5, 5.41) is 3.25. The summed E-state index contributed by atoms with van der Waals surface area (Å²) in [4.78, 5) is 6.81. The van der Waals surface area contributed by atoms with Crippen molar-refractivity contribution in [3.8, 4) is 0 Å². The molecule has 0 fully saturated rings. The van der Waals surface area contributed by atoms with E-state index in [9.17, 15) is 8.42 Å². The van der Waals surface area contributed by atoms with Crippen LogP contribution in [0, 0.1) is 13.8 Å². The van der Waals surface area contributed by atoms with Gasteiger partial charge in [-0.2, -0.15) is 0 Å². The van der Waals surface area contributed by atoms with Crippen LogP contribution in [-0.2, 0) is 16.4 Å². The van der Waals surface area contributed by atoms with Gasteiger partial charge in [-0.05, 0) is 49.1 Å². The molecule has 0 atom stereocenters. The van der Waals surface area contributed by atoms with Gasteiger partial charge in [0.15, 0.2) is 5.96 Å². The zero-order valence-electron chi connectivity index (χ0n) is 16.4. The lowest BCUT2D eigenvalue weighted by atomic mass is 10.2. The van der Waals surface area contributed by atoms with Crippen LogP contribution in [0.1, 0.15) is 16.7 Å². The first-order valence-corrected chi connectivity index (χ1v) is 10.5. The summed E-state index contributed by atoms with van der Waals surface area (Å²) in [7, 11) is -1.79. The normalized spacial score (nSPS) is 13.8. The van der Waals surface area contributed by atoms with Gasteiger partial charge in [0.25, 0.3) is 0 Å². The van der Waals surface area contributed by atoms with Crippen molar-refractivity contribution in [3.05, 3.63) is 59.2 Å². The Morgan fingerprint density at radius 1 is 1.14 bits per heavy atom. The van der Waals surface area contributed by atoms with Crippen LogP contribution in [0.15, 0.2) is 52.4 Å². The first kappa shape index (κ1) is 22.6. The van der Waals surface area contributed by atoms with E-state index in [0.29, 0.717) is 11.4 Å². The highest BCUT2D eigenvalue weighted by molar-refractivity contribution is 14.0. The number of sulfonamides is 1. The molecule has 2 aromatic rings. The fourth-order valence-corrected chi connectivity index (χ4v) is 4.65. The number of para-hydroxylation sites is 1. The van der Waals surface area contributed by atoms with Gasteiger partial charge in [-0.15, -0.1) is 24.0 Å². The van der Waals surface area contributed by atoms with Crippen LogP contribution in [0.25, 0.3) is 0 Å². The molecule has 0 bridgehead atoms. The van der Waals surface area contributed by atoms with Gasteiger partial charge in [-0.25, -0.2) is 13.1 Å². The lowest BCUT2D eigenvalue weighted by Gasteiger charge is -2.22. The Balaban J connectivity index is 0.00000280. The average Bonchev–Trinajstić information content (AvgIpc) is 3.08. The smallest absolute Gasteiger partial charge is 0.240 e. The number of fused-ring (bicyclic) bond motifs is 1. The van der Waals surface area contributed by atoms with Crippen LogP contribution in [0.4, 0.5) is 5.69 Å². The zero-order valence-corrected chi connectivity index (χ0v) is 19.5. The molecular formula is C20H27IN4O2S. The fourth-order valence-electron chi connectivity index (χ4n) is 3.29. The van der Waals surface area contributed by atoms with E-state index in [0.717, 1.165) is 35.7 Å². The molecule has 2 N–H and O–H groups in total. The summed E-state index contributed by atoms with van der Waals surface area (Å²) >= 11 is 0. The number of nitrogens with one attached hydrogen (secondary N) is 2. The number of rotatable bonds is 5. The highest BCUT2D eigenvalue weighted by Crippen LogP contribution is 2.27. The summed E-state index contributed by atoms with van der Waals surface area (Å²) < 4.78 is 27.8. The van der Waals surface area contributed by atoms with Gasteiger partial charge in [0, 0.05) is 32.4 Å². The second-order valence-electron chi connectivity index (χ2n) is 6.67. The van der Waals surface area contributed by atoms with Crippen LogP contribution in [0.5, 0.6) is 0 Å². The molecular weight excluding hydrogens is 487 g/mol. The quantitative estimate of drug-likeness (QED) is 0.279. The summed E-state index contributed by atoms with van der Waals surface area (Å²) in [5.41, 5.74) is 4.12. The van der Waals surface area contributed by atoms with Gasteiger partial charge in [0.1, 0.15) is 0 Å². The van der Waals surface area contributed by atoms with Gasteiger partial charge < -0.3 is 10.2 Å². The van der Waals surface area contributed by atoms with Gasteiger partial charge >= 0.3 is 0 Å². The molecule has 28 heavy (non-hydrogen) atoms. The first-order chi connectivity index (χ1) is 12.9. The molecule has 0 saturated carbocycles. The topological polar surface area (TPSA) is 73.8 Å². The molecule has 0 radical (unpaired) electrons. The molecule has 2 aromatic carbocycles. The maximum atomic E-state index is 12.6. The minimum atomic E-state index is -3.53. The lowest BCUT2D eigenvalue weighted by Crippen LogP contribution is -2.43. The monoisotopic (exact) mass is 514 g/mol. The second-order valence-corrected chi connectivity index (χ2v) is 8.41.